The van der Waals surface area contributed by atoms with Crippen molar-refractivity contribution in [2.75, 3.05) is 0 Å². The molecule has 2 rings (SSSR count). The minimum absolute atomic E-state index is 0.470. The molecule has 0 atom stereocenters. The van der Waals surface area contributed by atoms with Crippen molar-refractivity contribution < 1.29 is 7.84 Å². The Morgan fingerprint density at radius 3 is 1.53 bits per heavy atom. The zero-order valence-electron chi connectivity index (χ0n) is 8.68. The van der Waals surface area contributed by atoms with Crippen LogP contribution >= 0.6 is 31.9 Å². The standard InChI is InChI=1S/C12H9AsBr2O2/c14-11-7-3-1-5-9(11)13(16,17)10-6-2-4-8-12(10)15/h1-8H,(H,16,17). The molecule has 0 aliphatic heterocycles. The molecule has 0 fully saturated rings. The predicted molar refractivity (Wildman–Crippen MR) is 76.2 cm³/mol. The van der Waals surface area contributed by atoms with Crippen LogP contribution < -0.4 is 8.70 Å². The van der Waals surface area contributed by atoms with E-state index < -0.39 is 13.8 Å². The Balaban J connectivity index is 2.63. The molecular weight excluding hydrogens is 411 g/mol. The van der Waals surface area contributed by atoms with E-state index in [1.807, 2.05) is 12.1 Å². The molecule has 0 heterocycles. The van der Waals surface area contributed by atoms with E-state index in [0.29, 0.717) is 17.6 Å². The Morgan fingerprint density at radius 1 is 0.824 bits per heavy atom. The maximum absolute atomic E-state index is 12.6. The van der Waals surface area contributed by atoms with Gasteiger partial charge in [-0.15, -0.1) is 0 Å². The van der Waals surface area contributed by atoms with Gasteiger partial charge in [0.05, 0.1) is 0 Å². The summed E-state index contributed by atoms with van der Waals surface area (Å²) in [6, 6.07) is 14.1. The van der Waals surface area contributed by atoms with Gasteiger partial charge in [-0.25, -0.2) is 0 Å². The van der Waals surface area contributed by atoms with Crippen molar-refractivity contribution >= 4 is 54.4 Å². The molecule has 0 radical (unpaired) electrons. The van der Waals surface area contributed by atoms with Gasteiger partial charge in [0.1, 0.15) is 0 Å². The van der Waals surface area contributed by atoms with Crippen LogP contribution in [0.25, 0.3) is 0 Å². The van der Waals surface area contributed by atoms with Crippen LogP contribution in [0.4, 0.5) is 0 Å². The molecule has 2 aromatic rings. The fourth-order valence-electron chi connectivity index (χ4n) is 1.52. The molecule has 2 aromatic carbocycles. The second kappa shape index (κ2) is 5.15. The molecule has 0 saturated carbocycles. The SMILES string of the molecule is O=[As](O)(c1ccccc1Br)c1ccccc1Br. The van der Waals surface area contributed by atoms with E-state index in [1.165, 1.54) is 0 Å². The number of halogens is 2. The fraction of sp³-hybridized carbons (Fsp3) is 0. The molecule has 0 aliphatic carbocycles. The summed E-state index contributed by atoms with van der Waals surface area (Å²) in [5.41, 5.74) is 0. The molecule has 17 heavy (non-hydrogen) atoms. The van der Waals surface area contributed by atoms with Crippen LogP contribution in [0.3, 0.4) is 0 Å². The third-order valence-electron chi connectivity index (χ3n) is 2.36. The first-order valence-electron chi connectivity index (χ1n) is 4.86. The molecule has 0 spiro atoms. The van der Waals surface area contributed by atoms with E-state index in [0.717, 1.165) is 0 Å². The maximum atomic E-state index is 12.6. The van der Waals surface area contributed by atoms with Gasteiger partial charge in [-0.3, -0.25) is 0 Å². The van der Waals surface area contributed by atoms with Gasteiger partial charge >= 0.3 is 120 Å². The molecule has 0 aromatic heterocycles. The van der Waals surface area contributed by atoms with Gasteiger partial charge in [-0.1, -0.05) is 0 Å². The van der Waals surface area contributed by atoms with E-state index >= 15 is 0 Å². The van der Waals surface area contributed by atoms with Gasteiger partial charge in [0.25, 0.3) is 0 Å². The molecule has 0 aliphatic rings. The first-order chi connectivity index (χ1) is 8.03. The van der Waals surface area contributed by atoms with E-state index in [4.69, 9.17) is 0 Å². The minimum atomic E-state index is -4.27. The van der Waals surface area contributed by atoms with Crippen LogP contribution in [0.1, 0.15) is 0 Å². The van der Waals surface area contributed by atoms with Crippen LogP contribution in [0.5, 0.6) is 0 Å². The average molecular weight is 420 g/mol. The molecule has 2 nitrogen and oxygen atoms in total. The van der Waals surface area contributed by atoms with Crippen LogP contribution in [0.15, 0.2) is 57.5 Å². The number of rotatable bonds is 2. The Labute approximate surface area is 119 Å². The zero-order chi connectivity index (χ0) is 12.5. The summed E-state index contributed by atoms with van der Waals surface area (Å²) in [5, 5.41) is 0. The van der Waals surface area contributed by atoms with Gasteiger partial charge < -0.3 is 0 Å². The molecule has 1 N–H and O–H groups in total. The van der Waals surface area contributed by atoms with Crippen molar-refractivity contribution in [3.8, 4) is 0 Å². The molecule has 0 saturated heterocycles. The van der Waals surface area contributed by atoms with E-state index in [9.17, 15) is 7.84 Å². The van der Waals surface area contributed by atoms with Gasteiger partial charge in [0.2, 0.25) is 0 Å². The fourth-order valence-corrected chi connectivity index (χ4v) is 7.87. The van der Waals surface area contributed by atoms with Gasteiger partial charge in [-0.2, -0.15) is 0 Å². The number of hydrogen-bond acceptors (Lipinski definition) is 1. The molecular formula is C12H9AsBr2O2. The topological polar surface area (TPSA) is 37.3 Å². The third-order valence-corrected chi connectivity index (χ3v) is 9.45. The summed E-state index contributed by atoms with van der Waals surface area (Å²) in [7, 11) is 0. The Kier molecular flexibility index (Phi) is 3.98. The molecule has 88 valence electrons. The second-order valence-corrected chi connectivity index (χ2v) is 9.63. The first-order valence-corrected chi connectivity index (χ1v) is 9.93. The van der Waals surface area contributed by atoms with Crippen LogP contribution in [-0.2, 0) is 3.74 Å². The monoisotopic (exact) mass is 418 g/mol. The van der Waals surface area contributed by atoms with Crippen molar-refractivity contribution in [1.29, 1.82) is 0 Å². The molecule has 0 unspecified atom stereocenters. The van der Waals surface area contributed by atoms with E-state index in [-0.39, 0.29) is 0 Å². The van der Waals surface area contributed by atoms with Crippen molar-refractivity contribution in [3.63, 3.8) is 0 Å². The van der Waals surface area contributed by atoms with Crippen molar-refractivity contribution in [3.05, 3.63) is 57.5 Å². The summed E-state index contributed by atoms with van der Waals surface area (Å²) in [5.74, 6) is 0. The summed E-state index contributed by atoms with van der Waals surface area (Å²) < 4.78 is 25.3. The normalized spacial score (nSPS) is 11.5. The first kappa shape index (κ1) is 13.2. The predicted octanol–water partition coefficient (Wildman–Crippen LogP) is 2.19. The average Bonchev–Trinajstić information content (AvgIpc) is 2.29. The number of benzene rings is 2. The summed E-state index contributed by atoms with van der Waals surface area (Å²) in [4.78, 5) is 0. The summed E-state index contributed by atoms with van der Waals surface area (Å²) in [6.07, 6.45) is 0. The van der Waals surface area contributed by atoms with Crippen LogP contribution in [-0.4, -0.2) is 17.9 Å². The van der Waals surface area contributed by atoms with Crippen molar-refractivity contribution in [1.82, 2.24) is 0 Å². The van der Waals surface area contributed by atoms with Gasteiger partial charge in [-0.05, 0) is 0 Å². The molecule has 5 heteroatoms. The number of hydrogen-bond donors (Lipinski definition) is 1. The Bertz CT molecular complexity index is 549. The van der Waals surface area contributed by atoms with E-state index in [1.54, 1.807) is 36.4 Å². The van der Waals surface area contributed by atoms with Crippen LogP contribution in [0.2, 0.25) is 0 Å². The molecule has 0 amide bonds. The Hall–Kier alpha value is -0.282. The van der Waals surface area contributed by atoms with Crippen molar-refractivity contribution in [2.24, 2.45) is 0 Å². The van der Waals surface area contributed by atoms with Gasteiger partial charge in [0.15, 0.2) is 0 Å². The summed E-state index contributed by atoms with van der Waals surface area (Å²) >= 11 is 2.37. The van der Waals surface area contributed by atoms with Crippen molar-refractivity contribution in [2.45, 2.75) is 0 Å². The second-order valence-electron chi connectivity index (χ2n) is 3.48. The summed E-state index contributed by atoms with van der Waals surface area (Å²) in [6.45, 7) is 0. The van der Waals surface area contributed by atoms with Crippen LogP contribution in [0, 0.1) is 0 Å². The zero-order valence-corrected chi connectivity index (χ0v) is 13.7. The third kappa shape index (κ3) is 2.60. The van der Waals surface area contributed by atoms with Gasteiger partial charge in [0, 0.05) is 0 Å². The molecule has 0 bridgehead atoms. The quantitative estimate of drug-likeness (QED) is 0.758. The van der Waals surface area contributed by atoms with E-state index in [2.05, 4.69) is 31.9 Å². The Morgan fingerprint density at radius 2 is 1.18 bits per heavy atom.